The van der Waals surface area contributed by atoms with Gasteiger partial charge in [0.1, 0.15) is 0 Å². The molecule has 1 saturated carbocycles. The van der Waals surface area contributed by atoms with Crippen LogP contribution >= 0.6 is 0 Å². The molecule has 0 amide bonds. The van der Waals surface area contributed by atoms with Crippen LogP contribution in [0.3, 0.4) is 0 Å². The molecule has 0 spiro atoms. The zero-order chi connectivity index (χ0) is 10.3. The number of hydrogen-bond acceptors (Lipinski definition) is 1. The summed E-state index contributed by atoms with van der Waals surface area (Å²) in [6, 6.07) is 0. The summed E-state index contributed by atoms with van der Waals surface area (Å²) in [5.41, 5.74) is 0. The van der Waals surface area contributed by atoms with Gasteiger partial charge in [0.2, 0.25) is 0 Å². The second kappa shape index (κ2) is 6.93. The quantitative estimate of drug-likeness (QED) is 0.682. The smallest absolute Gasteiger partial charge is 0.303 e. The van der Waals surface area contributed by atoms with Gasteiger partial charge < -0.3 is 5.11 Å². The molecular formula is C11H22O2. The highest BCUT2D eigenvalue weighted by molar-refractivity contribution is 5.66. The predicted molar refractivity (Wildman–Crippen MR) is 54.7 cm³/mol. The maximum atomic E-state index is 9.37. The van der Waals surface area contributed by atoms with Gasteiger partial charge in [-0.05, 0) is 11.8 Å². The molecule has 0 heterocycles. The van der Waals surface area contributed by atoms with E-state index in [1.54, 1.807) is 6.92 Å². The Labute approximate surface area is 81.3 Å². The second-order valence-electron chi connectivity index (χ2n) is 3.99. The molecule has 1 N–H and O–H groups in total. The van der Waals surface area contributed by atoms with Crippen molar-refractivity contribution in [2.24, 2.45) is 11.8 Å². The van der Waals surface area contributed by atoms with Gasteiger partial charge in [-0.25, -0.2) is 0 Å². The van der Waals surface area contributed by atoms with E-state index < -0.39 is 5.97 Å². The molecule has 0 radical (unpaired) electrons. The molecule has 2 atom stereocenters. The number of rotatable bonds is 1. The first kappa shape index (κ1) is 12.5. The van der Waals surface area contributed by atoms with Crippen molar-refractivity contribution in [3.63, 3.8) is 0 Å². The Morgan fingerprint density at radius 3 is 1.69 bits per heavy atom. The molecule has 2 unspecified atom stereocenters. The van der Waals surface area contributed by atoms with E-state index in [1.165, 1.54) is 25.7 Å². The highest BCUT2D eigenvalue weighted by Crippen LogP contribution is 2.28. The van der Waals surface area contributed by atoms with Gasteiger partial charge in [0.05, 0.1) is 0 Å². The summed E-state index contributed by atoms with van der Waals surface area (Å²) in [6.07, 6.45) is 6.12. The van der Waals surface area contributed by atoms with Gasteiger partial charge in [0.15, 0.2) is 0 Å². The van der Waals surface area contributed by atoms with Crippen LogP contribution < -0.4 is 0 Å². The molecule has 1 rings (SSSR count). The third kappa shape index (κ3) is 6.62. The minimum atomic E-state index is -0.745. The van der Waals surface area contributed by atoms with Crippen LogP contribution in [0.15, 0.2) is 0 Å². The lowest BCUT2D eigenvalue weighted by molar-refractivity contribution is -0.136. The van der Waals surface area contributed by atoms with E-state index in [2.05, 4.69) is 13.8 Å². The number of carbonyl (C=O) groups is 1. The van der Waals surface area contributed by atoms with Gasteiger partial charge in [-0.15, -0.1) is 0 Å². The van der Waals surface area contributed by atoms with Crippen molar-refractivity contribution in [1.82, 2.24) is 0 Å². The van der Waals surface area contributed by atoms with Crippen LogP contribution in [0.4, 0.5) is 0 Å². The number of hydrogen-bond donors (Lipinski definition) is 1. The number of carboxylic acids is 1. The minimum absolute atomic E-state index is 0.222. The van der Waals surface area contributed by atoms with Crippen LogP contribution in [-0.4, -0.2) is 11.1 Å². The number of carboxylic acid groups (broad SMARTS) is 1. The predicted octanol–water partition coefficient (Wildman–Crippen LogP) is 3.31. The van der Waals surface area contributed by atoms with Crippen molar-refractivity contribution < 1.29 is 9.90 Å². The minimum Gasteiger partial charge on any atom is -0.481 e. The lowest BCUT2D eigenvalue weighted by atomic mass is 9.82. The summed E-state index contributed by atoms with van der Waals surface area (Å²) in [7, 11) is 0. The summed E-state index contributed by atoms with van der Waals surface area (Å²) >= 11 is 0. The molecule has 0 saturated heterocycles. The average Bonchev–Trinajstić information content (AvgIpc) is 2.11. The number of aliphatic carboxylic acids is 1. The largest absolute Gasteiger partial charge is 0.481 e. The van der Waals surface area contributed by atoms with Gasteiger partial charge in [-0.1, -0.05) is 46.5 Å². The van der Waals surface area contributed by atoms with Crippen LogP contribution in [0, 0.1) is 11.8 Å². The standard InChI is InChI=1S/C8H16.C3H6O2/c1-7-5-3-4-6-8(7)2;1-2-3(4)5/h7-8H,3-6H2,1-2H3;2H2,1H3,(H,4,5). The lowest BCUT2D eigenvalue weighted by Gasteiger charge is -2.24. The maximum absolute atomic E-state index is 9.37. The van der Waals surface area contributed by atoms with E-state index in [9.17, 15) is 4.79 Å². The molecule has 2 nitrogen and oxygen atoms in total. The molecule has 0 aromatic heterocycles. The van der Waals surface area contributed by atoms with Gasteiger partial charge in [0.25, 0.3) is 0 Å². The third-order valence-corrected chi connectivity index (χ3v) is 2.84. The SMILES string of the molecule is CC1CCCCC1C.CCC(=O)O. The fourth-order valence-electron chi connectivity index (χ4n) is 1.50. The summed E-state index contributed by atoms with van der Waals surface area (Å²) < 4.78 is 0. The van der Waals surface area contributed by atoms with Crippen molar-refractivity contribution >= 4 is 5.97 Å². The van der Waals surface area contributed by atoms with E-state index in [1.807, 2.05) is 0 Å². The summed E-state index contributed by atoms with van der Waals surface area (Å²) in [6.45, 7) is 6.36. The molecule has 0 aromatic rings. The van der Waals surface area contributed by atoms with E-state index in [-0.39, 0.29) is 6.42 Å². The fourth-order valence-corrected chi connectivity index (χ4v) is 1.50. The summed E-state index contributed by atoms with van der Waals surface area (Å²) in [4.78, 5) is 9.37. The Bertz CT molecular complexity index is 133. The van der Waals surface area contributed by atoms with E-state index in [4.69, 9.17) is 5.11 Å². The molecule has 0 aliphatic heterocycles. The molecule has 78 valence electrons. The third-order valence-electron chi connectivity index (χ3n) is 2.84. The van der Waals surface area contributed by atoms with Crippen molar-refractivity contribution in [2.75, 3.05) is 0 Å². The highest BCUT2D eigenvalue weighted by Gasteiger charge is 2.15. The van der Waals surface area contributed by atoms with E-state index >= 15 is 0 Å². The van der Waals surface area contributed by atoms with E-state index in [0.29, 0.717) is 0 Å². The molecule has 0 bridgehead atoms. The van der Waals surface area contributed by atoms with Gasteiger partial charge in [-0.3, -0.25) is 4.79 Å². The Balaban J connectivity index is 0.000000252. The first-order valence-corrected chi connectivity index (χ1v) is 5.29. The molecule has 2 heteroatoms. The average molecular weight is 186 g/mol. The maximum Gasteiger partial charge on any atom is 0.303 e. The Morgan fingerprint density at radius 1 is 1.23 bits per heavy atom. The van der Waals surface area contributed by atoms with Crippen molar-refractivity contribution in [1.29, 1.82) is 0 Å². The second-order valence-corrected chi connectivity index (χ2v) is 3.99. The molecular weight excluding hydrogens is 164 g/mol. The topological polar surface area (TPSA) is 37.3 Å². The Morgan fingerprint density at radius 2 is 1.54 bits per heavy atom. The zero-order valence-electron chi connectivity index (χ0n) is 9.05. The normalized spacial score (nSPS) is 27.3. The van der Waals surface area contributed by atoms with Gasteiger partial charge in [0, 0.05) is 6.42 Å². The van der Waals surface area contributed by atoms with E-state index in [0.717, 1.165) is 11.8 Å². The summed E-state index contributed by atoms with van der Waals surface area (Å²) in [5.74, 6) is 1.26. The molecule has 1 aliphatic carbocycles. The first-order valence-electron chi connectivity index (χ1n) is 5.29. The van der Waals surface area contributed by atoms with Crippen LogP contribution in [0.1, 0.15) is 52.9 Å². The lowest BCUT2D eigenvalue weighted by Crippen LogP contribution is -2.12. The highest BCUT2D eigenvalue weighted by atomic mass is 16.4. The fraction of sp³-hybridized carbons (Fsp3) is 0.909. The van der Waals surface area contributed by atoms with Crippen molar-refractivity contribution in [2.45, 2.75) is 52.9 Å². The zero-order valence-corrected chi connectivity index (χ0v) is 9.05. The first-order chi connectivity index (χ1) is 6.07. The van der Waals surface area contributed by atoms with Crippen LogP contribution in [-0.2, 0) is 4.79 Å². The van der Waals surface area contributed by atoms with Crippen LogP contribution in [0.5, 0.6) is 0 Å². The molecule has 1 aliphatic rings. The van der Waals surface area contributed by atoms with Crippen molar-refractivity contribution in [3.8, 4) is 0 Å². The van der Waals surface area contributed by atoms with Crippen LogP contribution in [0.25, 0.3) is 0 Å². The van der Waals surface area contributed by atoms with Gasteiger partial charge in [-0.2, -0.15) is 0 Å². The molecule has 0 aromatic carbocycles. The molecule has 1 fully saturated rings. The monoisotopic (exact) mass is 186 g/mol. The van der Waals surface area contributed by atoms with Gasteiger partial charge >= 0.3 is 5.97 Å². The van der Waals surface area contributed by atoms with Crippen molar-refractivity contribution in [3.05, 3.63) is 0 Å². The summed E-state index contributed by atoms with van der Waals surface area (Å²) in [5, 5.41) is 7.72. The Hall–Kier alpha value is -0.530. The molecule has 13 heavy (non-hydrogen) atoms. The Kier molecular flexibility index (Phi) is 6.65. The van der Waals surface area contributed by atoms with Crippen LogP contribution in [0.2, 0.25) is 0 Å².